The molecule has 11 heteroatoms. The van der Waals surface area contributed by atoms with Crippen molar-refractivity contribution in [1.29, 1.82) is 0 Å². The first kappa shape index (κ1) is 36.9. The van der Waals surface area contributed by atoms with Gasteiger partial charge in [-0.25, -0.2) is 5.48 Å². The second-order valence-electron chi connectivity index (χ2n) is 14.9. The third-order valence-electron chi connectivity index (χ3n) is 10.0. The number of amides is 3. The van der Waals surface area contributed by atoms with Gasteiger partial charge in [-0.05, 0) is 75.5 Å². The molecular formula is C38H54N4O7. The van der Waals surface area contributed by atoms with Crippen molar-refractivity contribution in [1.82, 2.24) is 21.0 Å². The minimum absolute atomic E-state index is 0.0244. The number of nitrogens with zero attached hydrogens (tertiary/aromatic N) is 1. The van der Waals surface area contributed by atoms with E-state index in [2.05, 4.69) is 15.5 Å². The average molecular weight is 679 g/mol. The molecule has 49 heavy (non-hydrogen) atoms. The molecule has 2 saturated heterocycles. The van der Waals surface area contributed by atoms with Gasteiger partial charge in [0.25, 0.3) is 0 Å². The lowest BCUT2D eigenvalue weighted by Gasteiger charge is -2.50. The largest absolute Gasteiger partial charge is 0.392 e. The van der Waals surface area contributed by atoms with Gasteiger partial charge in [-0.15, -0.1) is 0 Å². The molecule has 6 unspecified atom stereocenters. The van der Waals surface area contributed by atoms with Gasteiger partial charge in [-0.3, -0.25) is 24.5 Å². The van der Waals surface area contributed by atoms with E-state index in [4.69, 9.17) is 14.7 Å². The number of hydrogen-bond donors (Lipinski definition) is 5. The molecule has 0 spiro atoms. The average Bonchev–Trinajstić information content (AvgIpc) is 3.10. The molecular weight excluding hydrogens is 624 g/mol. The third-order valence-corrected chi connectivity index (χ3v) is 10.0. The molecule has 2 aliphatic heterocycles. The summed E-state index contributed by atoms with van der Waals surface area (Å²) in [5, 5.41) is 24.4. The first-order valence-electron chi connectivity index (χ1n) is 17.9. The monoisotopic (exact) mass is 678 g/mol. The van der Waals surface area contributed by atoms with Crippen LogP contribution in [0.2, 0.25) is 0 Å². The molecule has 2 heterocycles. The Labute approximate surface area is 290 Å². The topological polar surface area (TPSA) is 149 Å². The second kappa shape index (κ2) is 17.0. The summed E-state index contributed by atoms with van der Waals surface area (Å²) in [7, 11) is 0. The lowest BCUT2D eigenvalue weighted by molar-refractivity contribution is -0.255. The van der Waals surface area contributed by atoms with E-state index in [9.17, 15) is 19.5 Å². The molecule has 3 fully saturated rings. The number of nitrogens with one attached hydrogen (secondary N) is 3. The molecule has 3 amide bonds. The van der Waals surface area contributed by atoms with Crippen molar-refractivity contribution < 1.29 is 34.2 Å². The van der Waals surface area contributed by atoms with Crippen LogP contribution in [0, 0.1) is 5.92 Å². The van der Waals surface area contributed by atoms with E-state index >= 15 is 0 Å². The predicted octanol–water partition coefficient (Wildman–Crippen LogP) is 4.95. The fourth-order valence-corrected chi connectivity index (χ4v) is 7.54. The first-order valence-corrected chi connectivity index (χ1v) is 17.9. The molecule has 6 atom stereocenters. The van der Waals surface area contributed by atoms with Crippen molar-refractivity contribution in [3.8, 4) is 0 Å². The molecule has 0 aromatic heterocycles. The van der Waals surface area contributed by atoms with Gasteiger partial charge in [-0.1, -0.05) is 61.4 Å². The van der Waals surface area contributed by atoms with Crippen LogP contribution in [0.1, 0.15) is 120 Å². The molecule has 268 valence electrons. The maximum atomic E-state index is 13.7. The maximum absolute atomic E-state index is 13.7. The highest BCUT2D eigenvalue weighted by Gasteiger charge is 2.44. The van der Waals surface area contributed by atoms with Crippen molar-refractivity contribution >= 4 is 17.7 Å². The van der Waals surface area contributed by atoms with E-state index in [1.54, 1.807) is 5.48 Å². The smallest absolute Gasteiger partial charge is 0.243 e. The zero-order valence-electron chi connectivity index (χ0n) is 29.2. The summed E-state index contributed by atoms with van der Waals surface area (Å²) in [6, 6.07) is 15.8. The summed E-state index contributed by atoms with van der Waals surface area (Å²) in [6.07, 6.45) is 6.86. The second-order valence-corrected chi connectivity index (χ2v) is 14.9. The Hall–Kier alpha value is -3.35. The van der Waals surface area contributed by atoms with E-state index < -0.39 is 12.2 Å². The van der Waals surface area contributed by atoms with Crippen LogP contribution in [0.4, 0.5) is 0 Å². The Morgan fingerprint density at radius 2 is 1.53 bits per heavy atom. The summed E-state index contributed by atoms with van der Waals surface area (Å²) in [6.45, 7) is 7.04. The molecule has 5 rings (SSSR count). The fraction of sp³-hybridized carbons (Fsp3) is 0.605. The number of carbonyl (C=O) groups excluding carboxylic acids is 3. The van der Waals surface area contributed by atoms with Crippen LogP contribution < -0.4 is 16.1 Å². The fourth-order valence-electron chi connectivity index (χ4n) is 7.54. The molecule has 0 radical (unpaired) electrons. The molecule has 2 aromatic rings. The van der Waals surface area contributed by atoms with Crippen molar-refractivity contribution in [3.05, 3.63) is 70.8 Å². The Morgan fingerprint density at radius 1 is 0.857 bits per heavy atom. The normalized spacial score (nSPS) is 26.0. The maximum Gasteiger partial charge on any atom is 0.243 e. The summed E-state index contributed by atoms with van der Waals surface area (Å²) in [5.41, 5.74) is 4.89. The highest BCUT2D eigenvalue weighted by molar-refractivity contribution is 5.82. The third kappa shape index (κ3) is 10.3. The Bertz CT molecular complexity index is 1390. The van der Waals surface area contributed by atoms with Crippen molar-refractivity contribution in [3.63, 3.8) is 0 Å². The number of aliphatic hydroxyl groups excluding tert-OH is 1. The lowest BCUT2D eigenvalue weighted by Crippen LogP contribution is -2.61. The number of ether oxygens (including phenoxy) is 2. The van der Waals surface area contributed by atoms with Crippen LogP contribution in [-0.4, -0.2) is 63.2 Å². The minimum atomic E-state index is -0.628. The van der Waals surface area contributed by atoms with Crippen LogP contribution in [-0.2, 0) is 37.0 Å². The van der Waals surface area contributed by atoms with E-state index in [-0.39, 0.29) is 55.1 Å². The van der Waals surface area contributed by atoms with Crippen LogP contribution in [0.15, 0.2) is 48.5 Å². The SMILES string of the molecule is CC(C)(C)NC(=O)C1CCC2CCCCC2N1CC1CC(c2ccc(CO)cc2)OC(c2ccc(CNC(=O)CCCC(=O)NO)cc2)O1. The number of fused-ring (bicyclic) bond motifs is 1. The molecule has 2 aromatic carbocycles. The number of hydrogen-bond acceptors (Lipinski definition) is 8. The van der Waals surface area contributed by atoms with E-state index in [1.807, 2.05) is 69.3 Å². The Balaban J connectivity index is 1.32. The summed E-state index contributed by atoms with van der Waals surface area (Å²) < 4.78 is 13.3. The predicted molar refractivity (Wildman–Crippen MR) is 184 cm³/mol. The van der Waals surface area contributed by atoms with Crippen LogP contribution in [0.5, 0.6) is 0 Å². The van der Waals surface area contributed by atoms with Gasteiger partial charge in [0, 0.05) is 49.5 Å². The number of hydroxylamine groups is 1. The van der Waals surface area contributed by atoms with E-state index in [0.717, 1.165) is 41.5 Å². The Kier molecular flexibility index (Phi) is 12.8. The molecule has 0 bridgehead atoms. The molecule has 3 aliphatic rings. The number of aliphatic hydroxyl groups is 1. The molecule has 1 saturated carbocycles. The van der Waals surface area contributed by atoms with Crippen LogP contribution in [0.3, 0.4) is 0 Å². The van der Waals surface area contributed by atoms with E-state index in [0.29, 0.717) is 37.9 Å². The highest BCUT2D eigenvalue weighted by atomic mass is 16.7. The summed E-state index contributed by atoms with van der Waals surface area (Å²) in [5.74, 6) is 0.00815. The minimum Gasteiger partial charge on any atom is -0.392 e. The van der Waals surface area contributed by atoms with Gasteiger partial charge in [0.2, 0.25) is 17.7 Å². The quantitative estimate of drug-likeness (QED) is 0.156. The van der Waals surface area contributed by atoms with Gasteiger partial charge in [-0.2, -0.15) is 0 Å². The van der Waals surface area contributed by atoms with Crippen LogP contribution >= 0.6 is 0 Å². The number of likely N-dealkylation sites (tertiary alicyclic amines) is 1. The van der Waals surface area contributed by atoms with Gasteiger partial charge in [0.1, 0.15) is 0 Å². The molecule has 1 aliphatic carbocycles. The first-order chi connectivity index (χ1) is 23.5. The van der Waals surface area contributed by atoms with E-state index in [1.165, 1.54) is 19.3 Å². The van der Waals surface area contributed by atoms with Gasteiger partial charge >= 0.3 is 0 Å². The number of benzene rings is 2. The van der Waals surface area contributed by atoms with Crippen molar-refractivity contribution in [2.24, 2.45) is 5.92 Å². The lowest BCUT2D eigenvalue weighted by atomic mass is 9.75. The van der Waals surface area contributed by atoms with Crippen molar-refractivity contribution in [2.75, 3.05) is 6.54 Å². The number of carbonyl (C=O) groups is 3. The summed E-state index contributed by atoms with van der Waals surface area (Å²) in [4.78, 5) is 39.6. The molecule has 11 nitrogen and oxygen atoms in total. The number of piperidine rings is 1. The Morgan fingerprint density at radius 3 is 2.22 bits per heavy atom. The van der Waals surface area contributed by atoms with Crippen molar-refractivity contribution in [2.45, 2.75) is 134 Å². The molecule has 5 N–H and O–H groups in total. The number of rotatable bonds is 12. The highest BCUT2D eigenvalue weighted by Crippen LogP contribution is 2.42. The van der Waals surface area contributed by atoms with Gasteiger partial charge in [0.05, 0.1) is 24.9 Å². The van der Waals surface area contributed by atoms with Crippen LogP contribution in [0.25, 0.3) is 0 Å². The van der Waals surface area contributed by atoms with Gasteiger partial charge in [0.15, 0.2) is 6.29 Å². The zero-order chi connectivity index (χ0) is 35.0. The van der Waals surface area contributed by atoms with Gasteiger partial charge < -0.3 is 25.2 Å². The standard InChI is InChI=1S/C38H54N4O7/c1-38(2,3)40-36(46)32-20-19-27-7-4-5-8-31(27)42(32)23-30-21-33(28-15-13-26(24-43)14-16-28)49-37(48-30)29-17-11-25(12-18-29)22-39-34(44)9-6-10-35(45)41-47/h11-18,27,30-33,37,43,47H,4-10,19-24H2,1-3H3,(H,39,44)(H,40,46)(H,41,45). The summed E-state index contributed by atoms with van der Waals surface area (Å²) >= 11 is 0. The zero-order valence-corrected chi connectivity index (χ0v) is 29.2.